The van der Waals surface area contributed by atoms with Gasteiger partial charge in [-0.25, -0.2) is 0 Å². The topological polar surface area (TPSA) is 17.1 Å². The molecule has 0 fully saturated rings. The first-order chi connectivity index (χ1) is 6.68. The lowest BCUT2D eigenvalue weighted by Crippen LogP contribution is -2.07. The van der Waals surface area contributed by atoms with Gasteiger partial charge in [0.2, 0.25) is 0 Å². The van der Waals surface area contributed by atoms with Crippen LogP contribution in [0.3, 0.4) is 0 Å². The summed E-state index contributed by atoms with van der Waals surface area (Å²) >= 11 is 1.71. The number of carbonyl (C=O) groups excluding carboxylic acids is 1. The summed E-state index contributed by atoms with van der Waals surface area (Å²) in [5.41, 5.74) is 1.11. The number of carbonyl (C=O) groups is 1. The first-order valence-corrected chi connectivity index (χ1v) is 5.90. The molecular weight excluding hydrogens is 192 g/mol. The van der Waals surface area contributed by atoms with Crippen molar-refractivity contribution in [2.75, 3.05) is 5.75 Å². The molecule has 1 aromatic rings. The van der Waals surface area contributed by atoms with E-state index in [-0.39, 0.29) is 0 Å². The minimum absolute atomic E-state index is 0.315. The molecule has 0 atom stereocenters. The van der Waals surface area contributed by atoms with Crippen molar-refractivity contribution in [2.45, 2.75) is 25.5 Å². The van der Waals surface area contributed by atoms with Gasteiger partial charge in [0.1, 0.15) is 5.78 Å². The maximum Gasteiger partial charge on any atom is 0.147 e. The van der Waals surface area contributed by atoms with E-state index in [0.717, 1.165) is 5.56 Å². The minimum atomic E-state index is 0.315. The third kappa shape index (κ3) is 4.47. The average molecular weight is 208 g/mol. The van der Waals surface area contributed by atoms with Gasteiger partial charge in [0.25, 0.3) is 0 Å². The number of rotatable bonds is 5. The predicted molar refractivity (Wildman–Crippen MR) is 62.7 cm³/mol. The molecule has 0 N–H and O–H groups in total. The quantitative estimate of drug-likeness (QED) is 0.740. The molecular formula is C12H16OS. The van der Waals surface area contributed by atoms with Gasteiger partial charge in [0.05, 0.1) is 5.75 Å². The number of thioether (sulfide) groups is 1. The standard InChI is InChI=1S/C12H16OS/c1-10(2)14-9-12(13)8-11-6-4-3-5-7-11/h3-7,10H,8-9H2,1-2H3. The smallest absolute Gasteiger partial charge is 0.147 e. The molecule has 0 aliphatic carbocycles. The van der Waals surface area contributed by atoms with E-state index in [9.17, 15) is 4.79 Å². The molecule has 0 aliphatic heterocycles. The lowest BCUT2D eigenvalue weighted by molar-refractivity contribution is -0.116. The third-order valence-electron chi connectivity index (χ3n) is 1.82. The number of benzene rings is 1. The van der Waals surface area contributed by atoms with Gasteiger partial charge in [0, 0.05) is 6.42 Å². The highest BCUT2D eigenvalue weighted by Crippen LogP contribution is 2.10. The van der Waals surface area contributed by atoms with E-state index in [2.05, 4.69) is 13.8 Å². The van der Waals surface area contributed by atoms with Gasteiger partial charge in [-0.05, 0) is 10.8 Å². The monoisotopic (exact) mass is 208 g/mol. The van der Waals surface area contributed by atoms with Gasteiger partial charge in [0.15, 0.2) is 0 Å². The molecule has 76 valence electrons. The van der Waals surface area contributed by atoms with Crippen molar-refractivity contribution < 1.29 is 4.79 Å². The van der Waals surface area contributed by atoms with E-state index in [1.54, 1.807) is 11.8 Å². The van der Waals surface area contributed by atoms with Gasteiger partial charge in [-0.15, -0.1) is 0 Å². The van der Waals surface area contributed by atoms with Gasteiger partial charge in [-0.2, -0.15) is 11.8 Å². The molecule has 0 radical (unpaired) electrons. The minimum Gasteiger partial charge on any atom is -0.298 e. The zero-order valence-electron chi connectivity index (χ0n) is 8.69. The van der Waals surface area contributed by atoms with Crippen LogP contribution in [0.1, 0.15) is 19.4 Å². The second-order valence-corrected chi connectivity index (χ2v) is 5.13. The van der Waals surface area contributed by atoms with Crippen LogP contribution in [0, 0.1) is 0 Å². The summed E-state index contributed by atoms with van der Waals surface area (Å²) in [6.07, 6.45) is 0.570. The van der Waals surface area contributed by atoms with E-state index in [0.29, 0.717) is 23.2 Å². The van der Waals surface area contributed by atoms with Crippen molar-refractivity contribution in [2.24, 2.45) is 0 Å². The average Bonchev–Trinajstić information content (AvgIpc) is 2.16. The summed E-state index contributed by atoms with van der Waals surface area (Å²) in [4.78, 5) is 11.5. The highest BCUT2D eigenvalue weighted by molar-refractivity contribution is 8.00. The number of ketones is 1. The summed E-state index contributed by atoms with van der Waals surface area (Å²) in [5, 5.41) is 0.537. The second-order valence-electron chi connectivity index (χ2n) is 3.56. The molecule has 0 heterocycles. The molecule has 14 heavy (non-hydrogen) atoms. The number of hydrogen-bond acceptors (Lipinski definition) is 2. The van der Waals surface area contributed by atoms with E-state index < -0.39 is 0 Å². The maximum atomic E-state index is 11.5. The fourth-order valence-electron chi connectivity index (χ4n) is 1.13. The summed E-state index contributed by atoms with van der Waals surface area (Å²) < 4.78 is 0. The molecule has 0 aromatic heterocycles. The third-order valence-corrected chi connectivity index (χ3v) is 2.98. The van der Waals surface area contributed by atoms with Crippen molar-refractivity contribution in [3.8, 4) is 0 Å². The van der Waals surface area contributed by atoms with Crippen molar-refractivity contribution in [3.05, 3.63) is 35.9 Å². The molecule has 1 nitrogen and oxygen atoms in total. The van der Waals surface area contributed by atoms with Gasteiger partial charge in [-0.3, -0.25) is 4.79 Å². The van der Waals surface area contributed by atoms with Gasteiger partial charge < -0.3 is 0 Å². The molecule has 0 bridgehead atoms. The Morgan fingerprint density at radius 3 is 2.50 bits per heavy atom. The van der Waals surface area contributed by atoms with Crippen molar-refractivity contribution in [1.82, 2.24) is 0 Å². The first-order valence-electron chi connectivity index (χ1n) is 4.85. The van der Waals surface area contributed by atoms with E-state index >= 15 is 0 Å². The van der Waals surface area contributed by atoms with Crippen LogP contribution in [-0.2, 0) is 11.2 Å². The summed E-state index contributed by atoms with van der Waals surface area (Å²) in [5.74, 6) is 0.946. The zero-order chi connectivity index (χ0) is 10.4. The lowest BCUT2D eigenvalue weighted by atomic mass is 10.1. The maximum absolute atomic E-state index is 11.5. The zero-order valence-corrected chi connectivity index (χ0v) is 9.51. The van der Waals surface area contributed by atoms with Crippen LogP contribution in [0.4, 0.5) is 0 Å². The first kappa shape index (κ1) is 11.3. The van der Waals surface area contributed by atoms with Gasteiger partial charge >= 0.3 is 0 Å². The van der Waals surface area contributed by atoms with Crippen LogP contribution >= 0.6 is 11.8 Å². The largest absolute Gasteiger partial charge is 0.298 e. The van der Waals surface area contributed by atoms with Crippen molar-refractivity contribution >= 4 is 17.5 Å². The predicted octanol–water partition coefficient (Wildman–Crippen LogP) is 2.94. The van der Waals surface area contributed by atoms with Crippen LogP contribution in [0.5, 0.6) is 0 Å². The summed E-state index contributed by atoms with van der Waals surface area (Å²) in [6, 6.07) is 9.91. The van der Waals surface area contributed by atoms with E-state index in [1.165, 1.54) is 0 Å². The molecule has 0 spiro atoms. The highest BCUT2D eigenvalue weighted by Gasteiger charge is 2.04. The molecule has 0 amide bonds. The van der Waals surface area contributed by atoms with Crippen LogP contribution in [0.2, 0.25) is 0 Å². The van der Waals surface area contributed by atoms with E-state index in [4.69, 9.17) is 0 Å². The van der Waals surface area contributed by atoms with E-state index in [1.807, 2.05) is 30.3 Å². The van der Waals surface area contributed by atoms with Gasteiger partial charge in [-0.1, -0.05) is 44.2 Å². The number of Topliss-reactive ketones (excluding diaryl/α,β-unsaturated/α-hetero) is 1. The Balaban J connectivity index is 2.35. The Morgan fingerprint density at radius 1 is 1.29 bits per heavy atom. The fourth-order valence-corrected chi connectivity index (χ4v) is 1.76. The summed E-state index contributed by atoms with van der Waals surface area (Å²) in [6.45, 7) is 4.22. The van der Waals surface area contributed by atoms with Crippen LogP contribution in [-0.4, -0.2) is 16.8 Å². The number of hydrogen-bond donors (Lipinski definition) is 0. The fraction of sp³-hybridized carbons (Fsp3) is 0.417. The van der Waals surface area contributed by atoms with Crippen LogP contribution < -0.4 is 0 Å². The molecule has 0 saturated carbocycles. The van der Waals surface area contributed by atoms with Crippen molar-refractivity contribution in [3.63, 3.8) is 0 Å². The Hall–Kier alpha value is -0.760. The molecule has 0 aliphatic rings. The second kappa shape index (κ2) is 5.86. The molecule has 0 saturated heterocycles. The summed E-state index contributed by atoms with van der Waals surface area (Å²) in [7, 11) is 0. The molecule has 2 heteroatoms. The highest BCUT2D eigenvalue weighted by atomic mass is 32.2. The Morgan fingerprint density at radius 2 is 1.93 bits per heavy atom. The molecule has 1 rings (SSSR count). The molecule has 1 aromatic carbocycles. The van der Waals surface area contributed by atoms with Crippen molar-refractivity contribution in [1.29, 1.82) is 0 Å². The Bertz CT molecular complexity index is 280. The van der Waals surface area contributed by atoms with Crippen LogP contribution in [0.25, 0.3) is 0 Å². The lowest BCUT2D eigenvalue weighted by Gasteiger charge is -2.03. The Labute approximate surface area is 89.9 Å². The Kier molecular flexibility index (Phi) is 4.74. The SMILES string of the molecule is CC(C)SCC(=O)Cc1ccccc1. The van der Waals surface area contributed by atoms with Crippen LogP contribution in [0.15, 0.2) is 30.3 Å². The molecule has 0 unspecified atom stereocenters. The normalized spacial score (nSPS) is 10.5.